The van der Waals surface area contributed by atoms with Crippen molar-refractivity contribution in [2.24, 2.45) is 11.1 Å². The smallest absolute Gasteiger partial charge is 0.243 e. The Labute approximate surface area is 123 Å². The van der Waals surface area contributed by atoms with Gasteiger partial charge in [0.25, 0.3) is 0 Å². The largest absolute Gasteiger partial charge is 0.326 e. The van der Waals surface area contributed by atoms with Crippen LogP contribution >= 0.6 is 0 Å². The summed E-state index contributed by atoms with van der Waals surface area (Å²) in [5, 5.41) is 0. The molecule has 2 rings (SSSR count). The van der Waals surface area contributed by atoms with E-state index in [0.717, 1.165) is 18.6 Å². The third kappa shape index (κ3) is 3.59. The topological polar surface area (TPSA) is 72.2 Å². The fourth-order valence-corrected chi connectivity index (χ4v) is 4.16. The summed E-state index contributed by atoms with van der Waals surface area (Å²) in [5.74, 6) is -2.57. The highest BCUT2D eigenvalue weighted by Crippen LogP contribution is 2.37. The van der Waals surface area contributed by atoms with Gasteiger partial charge in [0.1, 0.15) is 4.90 Å². The van der Waals surface area contributed by atoms with Crippen molar-refractivity contribution in [2.45, 2.75) is 50.6 Å². The number of hydrogen-bond donors (Lipinski definition) is 2. The maximum Gasteiger partial charge on any atom is 0.243 e. The van der Waals surface area contributed by atoms with Gasteiger partial charge in [0, 0.05) is 12.6 Å². The van der Waals surface area contributed by atoms with Crippen LogP contribution in [0.4, 0.5) is 8.78 Å². The lowest BCUT2D eigenvalue weighted by Gasteiger charge is -2.18. The average molecular weight is 318 g/mol. The summed E-state index contributed by atoms with van der Waals surface area (Å²) in [7, 11) is -4.10. The second kappa shape index (κ2) is 5.62. The van der Waals surface area contributed by atoms with Crippen LogP contribution in [0.2, 0.25) is 0 Å². The van der Waals surface area contributed by atoms with Gasteiger partial charge in [-0.3, -0.25) is 0 Å². The SMILES string of the molecule is CC1(C)CCC(NS(=O)(=O)c2cc(CN)cc(F)c2F)C1. The molecule has 1 aliphatic rings. The van der Waals surface area contributed by atoms with Crippen molar-refractivity contribution in [3.05, 3.63) is 29.3 Å². The van der Waals surface area contributed by atoms with E-state index in [0.29, 0.717) is 12.8 Å². The normalized spacial score (nSPS) is 21.7. The Bertz CT molecular complexity index is 645. The van der Waals surface area contributed by atoms with E-state index >= 15 is 0 Å². The molecule has 4 nitrogen and oxygen atoms in total. The van der Waals surface area contributed by atoms with Gasteiger partial charge in [0.15, 0.2) is 11.6 Å². The van der Waals surface area contributed by atoms with Crippen LogP contribution in [0.25, 0.3) is 0 Å². The molecule has 3 N–H and O–H groups in total. The minimum Gasteiger partial charge on any atom is -0.326 e. The Hall–Kier alpha value is -1.05. The first-order chi connectivity index (χ1) is 9.64. The minimum atomic E-state index is -4.10. The molecule has 0 saturated heterocycles. The van der Waals surface area contributed by atoms with Gasteiger partial charge < -0.3 is 5.73 Å². The van der Waals surface area contributed by atoms with Gasteiger partial charge in [-0.15, -0.1) is 0 Å². The van der Waals surface area contributed by atoms with Crippen molar-refractivity contribution < 1.29 is 17.2 Å². The zero-order valence-corrected chi connectivity index (χ0v) is 12.9. The summed E-state index contributed by atoms with van der Waals surface area (Å²) in [6, 6.07) is 1.74. The molecular weight excluding hydrogens is 298 g/mol. The van der Waals surface area contributed by atoms with Crippen LogP contribution in [-0.4, -0.2) is 14.5 Å². The van der Waals surface area contributed by atoms with Gasteiger partial charge in [0.05, 0.1) is 0 Å². The number of nitrogens with two attached hydrogens (primary N) is 1. The van der Waals surface area contributed by atoms with Crippen LogP contribution in [0.3, 0.4) is 0 Å². The molecule has 1 fully saturated rings. The first kappa shape index (κ1) is 16.3. The third-order valence-electron chi connectivity index (χ3n) is 3.87. The van der Waals surface area contributed by atoms with Crippen molar-refractivity contribution in [3.8, 4) is 0 Å². The molecule has 1 aliphatic carbocycles. The van der Waals surface area contributed by atoms with Crippen molar-refractivity contribution in [1.82, 2.24) is 4.72 Å². The summed E-state index contributed by atoms with van der Waals surface area (Å²) in [5.41, 5.74) is 5.66. The van der Waals surface area contributed by atoms with Gasteiger partial charge in [-0.1, -0.05) is 13.8 Å². The molecule has 0 heterocycles. The van der Waals surface area contributed by atoms with E-state index in [1.165, 1.54) is 0 Å². The van der Waals surface area contributed by atoms with Crippen LogP contribution < -0.4 is 10.5 Å². The fraction of sp³-hybridized carbons (Fsp3) is 0.571. The molecule has 1 aromatic carbocycles. The van der Waals surface area contributed by atoms with Crippen LogP contribution in [0, 0.1) is 17.0 Å². The van der Waals surface area contributed by atoms with E-state index in [1.807, 2.05) is 0 Å². The van der Waals surface area contributed by atoms with Crippen LogP contribution in [0.5, 0.6) is 0 Å². The fourth-order valence-electron chi connectivity index (χ4n) is 2.75. The van der Waals surface area contributed by atoms with E-state index in [2.05, 4.69) is 18.6 Å². The second-order valence-electron chi connectivity index (χ2n) is 6.32. The maximum atomic E-state index is 13.8. The van der Waals surface area contributed by atoms with Crippen molar-refractivity contribution in [3.63, 3.8) is 0 Å². The summed E-state index contributed by atoms with van der Waals surface area (Å²) in [6.45, 7) is 4.05. The predicted octanol–water partition coefficient (Wildman–Crippen LogP) is 2.28. The van der Waals surface area contributed by atoms with E-state index in [-0.39, 0.29) is 23.6 Å². The van der Waals surface area contributed by atoms with E-state index < -0.39 is 26.6 Å². The second-order valence-corrected chi connectivity index (χ2v) is 8.00. The molecule has 1 unspecified atom stereocenters. The Morgan fingerprint density at radius 2 is 2.05 bits per heavy atom. The molecule has 1 saturated carbocycles. The lowest BCUT2D eigenvalue weighted by Crippen LogP contribution is -2.34. The zero-order chi connectivity index (χ0) is 15.8. The standard InChI is InChI=1S/C14H20F2N2O2S/c1-14(2)4-3-10(7-14)18-21(19,20)12-6-9(8-17)5-11(15)13(12)16/h5-6,10,18H,3-4,7-8,17H2,1-2H3. The molecule has 21 heavy (non-hydrogen) atoms. The van der Waals surface area contributed by atoms with Gasteiger partial charge in [-0.25, -0.2) is 21.9 Å². The Kier molecular flexibility index (Phi) is 4.37. The average Bonchev–Trinajstić information content (AvgIpc) is 2.70. The van der Waals surface area contributed by atoms with E-state index in [9.17, 15) is 17.2 Å². The van der Waals surface area contributed by atoms with Gasteiger partial charge in [-0.2, -0.15) is 0 Å². The Morgan fingerprint density at radius 3 is 2.57 bits per heavy atom. The highest BCUT2D eigenvalue weighted by molar-refractivity contribution is 7.89. The van der Waals surface area contributed by atoms with E-state index in [1.54, 1.807) is 0 Å². The number of nitrogens with one attached hydrogen (secondary N) is 1. The molecule has 0 bridgehead atoms. The highest BCUT2D eigenvalue weighted by Gasteiger charge is 2.34. The predicted molar refractivity (Wildman–Crippen MR) is 76.0 cm³/mol. The molecular formula is C14H20F2N2O2S. The first-order valence-electron chi connectivity index (χ1n) is 6.85. The number of benzene rings is 1. The molecule has 0 spiro atoms. The minimum absolute atomic E-state index is 0.0517. The number of hydrogen-bond acceptors (Lipinski definition) is 3. The van der Waals surface area contributed by atoms with Crippen molar-refractivity contribution in [2.75, 3.05) is 0 Å². The molecule has 0 amide bonds. The number of rotatable bonds is 4. The Balaban J connectivity index is 2.30. The first-order valence-corrected chi connectivity index (χ1v) is 8.33. The summed E-state index contributed by atoms with van der Waals surface area (Å²) >= 11 is 0. The Morgan fingerprint density at radius 1 is 1.38 bits per heavy atom. The molecule has 1 aromatic rings. The van der Waals surface area contributed by atoms with Crippen LogP contribution in [-0.2, 0) is 16.6 Å². The quantitative estimate of drug-likeness (QED) is 0.894. The molecule has 0 aromatic heterocycles. The molecule has 0 aliphatic heterocycles. The maximum absolute atomic E-state index is 13.8. The highest BCUT2D eigenvalue weighted by atomic mass is 32.2. The van der Waals surface area contributed by atoms with Crippen molar-refractivity contribution >= 4 is 10.0 Å². The van der Waals surface area contributed by atoms with Crippen LogP contribution in [0.1, 0.15) is 38.7 Å². The van der Waals surface area contributed by atoms with Gasteiger partial charge in [0.2, 0.25) is 10.0 Å². The lowest BCUT2D eigenvalue weighted by atomic mass is 9.92. The van der Waals surface area contributed by atoms with Crippen molar-refractivity contribution in [1.29, 1.82) is 0 Å². The number of sulfonamides is 1. The lowest BCUT2D eigenvalue weighted by molar-refractivity contribution is 0.372. The van der Waals surface area contributed by atoms with Gasteiger partial charge in [-0.05, 0) is 42.4 Å². The summed E-state index contributed by atoms with van der Waals surface area (Å²) < 4.78 is 54.3. The zero-order valence-electron chi connectivity index (χ0n) is 12.1. The summed E-state index contributed by atoms with van der Waals surface area (Å²) in [4.78, 5) is -0.673. The van der Waals surface area contributed by atoms with Crippen LogP contribution in [0.15, 0.2) is 17.0 Å². The molecule has 118 valence electrons. The van der Waals surface area contributed by atoms with Gasteiger partial charge >= 0.3 is 0 Å². The molecule has 1 atom stereocenters. The molecule has 0 radical (unpaired) electrons. The summed E-state index contributed by atoms with van der Waals surface area (Å²) in [6.07, 6.45) is 2.25. The molecule has 7 heteroatoms. The third-order valence-corrected chi connectivity index (χ3v) is 5.39. The monoisotopic (exact) mass is 318 g/mol. The van der Waals surface area contributed by atoms with E-state index in [4.69, 9.17) is 5.73 Å². The number of halogens is 2.